The summed E-state index contributed by atoms with van der Waals surface area (Å²) in [7, 11) is 0. The number of rotatable bonds is 2. The fourth-order valence-corrected chi connectivity index (χ4v) is 2.88. The predicted octanol–water partition coefficient (Wildman–Crippen LogP) is 2.69. The number of anilines is 1. The fraction of sp³-hybridized carbons (Fsp3) is 0.267. The number of aromatic nitrogens is 2. The van der Waals surface area contributed by atoms with E-state index >= 15 is 0 Å². The van der Waals surface area contributed by atoms with Crippen molar-refractivity contribution in [2.45, 2.75) is 18.9 Å². The van der Waals surface area contributed by atoms with Crippen LogP contribution in [-0.2, 0) is 0 Å². The van der Waals surface area contributed by atoms with Gasteiger partial charge in [-0.3, -0.25) is 9.78 Å². The zero-order chi connectivity index (χ0) is 14.8. The molecule has 1 amide bonds. The van der Waals surface area contributed by atoms with Gasteiger partial charge in [0, 0.05) is 18.9 Å². The summed E-state index contributed by atoms with van der Waals surface area (Å²) in [6.07, 6.45) is 6.85. The van der Waals surface area contributed by atoms with Crippen molar-refractivity contribution in [2.75, 3.05) is 12.3 Å². The Balaban J connectivity index is 1.92. The summed E-state index contributed by atoms with van der Waals surface area (Å²) in [6.45, 7) is 0.698. The van der Waals surface area contributed by atoms with Crippen LogP contribution in [0.3, 0.4) is 0 Å². The van der Waals surface area contributed by atoms with Gasteiger partial charge in [0.25, 0.3) is 5.91 Å². The lowest BCUT2D eigenvalue weighted by Crippen LogP contribution is -2.31. The van der Waals surface area contributed by atoms with Crippen LogP contribution < -0.4 is 5.73 Å². The molecule has 1 aliphatic rings. The van der Waals surface area contributed by atoms with Crippen LogP contribution in [0.25, 0.3) is 0 Å². The van der Waals surface area contributed by atoms with E-state index in [-0.39, 0.29) is 17.1 Å². The molecule has 6 heteroatoms. The summed E-state index contributed by atoms with van der Waals surface area (Å²) in [5.74, 6) is -0.133. The summed E-state index contributed by atoms with van der Waals surface area (Å²) in [5.41, 5.74) is 7.53. The third-order valence-electron chi connectivity index (χ3n) is 3.67. The predicted molar refractivity (Wildman–Crippen MR) is 80.9 cm³/mol. The molecule has 2 aromatic rings. The number of carbonyl (C=O) groups excluding carboxylic acids is 1. The minimum Gasteiger partial charge on any atom is -0.397 e. The van der Waals surface area contributed by atoms with E-state index in [0.717, 1.165) is 18.4 Å². The van der Waals surface area contributed by atoms with Gasteiger partial charge in [-0.15, -0.1) is 0 Å². The van der Waals surface area contributed by atoms with Gasteiger partial charge < -0.3 is 10.6 Å². The van der Waals surface area contributed by atoms with Crippen LogP contribution in [0.2, 0.25) is 5.15 Å². The average molecular weight is 303 g/mol. The maximum absolute atomic E-state index is 12.7. The summed E-state index contributed by atoms with van der Waals surface area (Å²) < 4.78 is 0. The van der Waals surface area contributed by atoms with E-state index in [2.05, 4.69) is 9.97 Å². The van der Waals surface area contributed by atoms with E-state index < -0.39 is 0 Å². The summed E-state index contributed by atoms with van der Waals surface area (Å²) in [4.78, 5) is 22.6. The minimum absolute atomic E-state index is 0.0312. The summed E-state index contributed by atoms with van der Waals surface area (Å²) >= 11 is 6.04. The molecule has 3 heterocycles. The van der Waals surface area contributed by atoms with Crippen LogP contribution in [-0.4, -0.2) is 27.3 Å². The van der Waals surface area contributed by atoms with Crippen LogP contribution in [0.4, 0.5) is 5.69 Å². The molecular weight excluding hydrogens is 288 g/mol. The van der Waals surface area contributed by atoms with Crippen molar-refractivity contribution in [3.05, 3.63) is 53.1 Å². The van der Waals surface area contributed by atoms with Gasteiger partial charge >= 0.3 is 0 Å². The second-order valence-corrected chi connectivity index (χ2v) is 5.41. The Morgan fingerprint density at radius 1 is 1.43 bits per heavy atom. The zero-order valence-electron chi connectivity index (χ0n) is 11.4. The number of pyridine rings is 2. The normalized spacial score (nSPS) is 18.0. The number of halogens is 1. The molecule has 0 saturated carbocycles. The van der Waals surface area contributed by atoms with Gasteiger partial charge in [0.15, 0.2) is 0 Å². The largest absolute Gasteiger partial charge is 0.397 e. The van der Waals surface area contributed by atoms with Crippen LogP contribution >= 0.6 is 11.6 Å². The monoisotopic (exact) mass is 302 g/mol. The minimum atomic E-state index is -0.133. The lowest BCUT2D eigenvalue weighted by Gasteiger charge is -2.25. The lowest BCUT2D eigenvalue weighted by molar-refractivity contribution is 0.0735. The van der Waals surface area contributed by atoms with Crippen LogP contribution in [0.5, 0.6) is 0 Å². The van der Waals surface area contributed by atoms with Crippen LogP contribution in [0.15, 0.2) is 36.8 Å². The Hall–Kier alpha value is -2.14. The molecule has 1 saturated heterocycles. The molecule has 1 fully saturated rings. The molecule has 0 aromatic carbocycles. The molecule has 1 unspecified atom stereocenters. The van der Waals surface area contributed by atoms with E-state index in [9.17, 15) is 4.79 Å². The van der Waals surface area contributed by atoms with Crippen molar-refractivity contribution in [1.29, 1.82) is 0 Å². The van der Waals surface area contributed by atoms with Crippen molar-refractivity contribution in [2.24, 2.45) is 0 Å². The quantitative estimate of drug-likeness (QED) is 0.866. The Kier molecular flexibility index (Phi) is 3.75. The smallest absolute Gasteiger partial charge is 0.257 e. The molecule has 108 valence electrons. The van der Waals surface area contributed by atoms with Gasteiger partial charge in [0.2, 0.25) is 0 Å². The summed E-state index contributed by atoms with van der Waals surface area (Å²) in [6, 6.07) is 5.48. The number of carbonyl (C=O) groups is 1. The number of nitrogens with two attached hydrogens (primary N) is 1. The average Bonchev–Trinajstić information content (AvgIpc) is 2.99. The fourth-order valence-electron chi connectivity index (χ4n) is 2.70. The molecule has 0 radical (unpaired) electrons. The Labute approximate surface area is 127 Å². The molecule has 21 heavy (non-hydrogen) atoms. The first-order valence-electron chi connectivity index (χ1n) is 6.78. The number of amides is 1. The van der Waals surface area contributed by atoms with E-state index in [1.54, 1.807) is 18.5 Å². The molecule has 1 atom stereocenters. The Morgan fingerprint density at radius 2 is 2.29 bits per heavy atom. The third kappa shape index (κ3) is 2.69. The summed E-state index contributed by atoms with van der Waals surface area (Å²) in [5, 5.41) is 0.186. The third-order valence-corrected chi connectivity index (χ3v) is 3.97. The highest BCUT2D eigenvalue weighted by atomic mass is 35.5. The topological polar surface area (TPSA) is 72.1 Å². The zero-order valence-corrected chi connectivity index (χ0v) is 12.1. The molecule has 5 nitrogen and oxygen atoms in total. The molecular formula is C15H15ClN4O. The number of nitrogens with zero attached hydrogens (tertiary/aromatic N) is 3. The molecule has 0 spiro atoms. The van der Waals surface area contributed by atoms with E-state index in [1.165, 1.54) is 6.20 Å². The van der Waals surface area contributed by atoms with Gasteiger partial charge in [-0.05, 0) is 30.5 Å². The Morgan fingerprint density at radius 3 is 3.05 bits per heavy atom. The highest BCUT2D eigenvalue weighted by Gasteiger charge is 2.31. The second-order valence-electron chi connectivity index (χ2n) is 5.05. The number of hydrogen-bond acceptors (Lipinski definition) is 4. The molecule has 2 aromatic heterocycles. The van der Waals surface area contributed by atoms with Crippen molar-refractivity contribution in [3.8, 4) is 0 Å². The van der Waals surface area contributed by atoms with E-state index in [1.807, 2.05) is 17.0 Å². The van der Waals surface area contributed by atoms with Crippen molar-refractivity contribution < 1.29 is 4.79 Å². The van der Waals surface area contributed by atoms with Gasteiger partial charge in [0.05, 0.1) is 23.5 Å². The van der Waals surface area contributed by atoms with E-state index in [4.69, 9.17) is 17.3 Å². The highest BCUT2D eigenvalue weighted by Crippen LogP contribution is 2.33. The standard InChI is InChI=1S/C15H15ClN4O/c16-14-12(7-11(17)9-19-14)15(21)20-6-2-4-13(20)10-3-1-5-18-8-10/h1,3,5,7-9,13H,2,4,6,17H2. The van der Waals surface area contributed by atoms with Crippen molar-refractivity contribution in [1.82, 2.24) is 14.9 Å². The van der Waals surface area contributed by atoms with Gasteiger partial charge in [-0.1, -0.05) is 17.7 Å². The van der Waals surface area contributed by atoms with Gasteiger partial charge in [-0.2, -0.15) is 0 Å². The second kappa shape index (κ2) is 5.69. The highest BCUT2D eigenvalue weighted by molar-refractivity contribution is 6.32. The van der Waals surface area contributed by atoms with Crippen molar-refractivity contribution >= 4 is 23.2 Å². The first-order valence-corrected chi connectivity index (χ1v) is 7.16. The number of hydrogen-bond donors (Lipinski definition) is 1. The Bertz CT molecular complexity index is 662. The van der Waals surface area contributed by atoms with Gasteiger partial charge in [0.1, 0.15) is 5.15 Å². The lowest BCUT2D eigenvalue weighted by atomic mass is 10.1. The molecule has 1 aliphatic heterocycles. The first kappa shape index (κ1) is 13.8. The molecule has 0 aliphatic carbocycles. The number of likely N-dealkylation sites (tertiary alicyclic amines) is 1. The van der Waals surface area contributed by atoms with Crippen molar-refractivity contribution in [3.63, 3.8) is 0 Å². The molecule has 2 N–H and O–H groups in total. The maximum Gasteiger partial charge on any atom is 0.257 e. The SMILES string of the molecule is Nc1cnc(Cl)c(C(=O)N2CCCC2c2cccnc2)c1. The first-order chi connectivity index (χ1) is 10.2. The van der Waals surface area contributed by atoms with Gasteiger partial charge in [-0.25, -0.2) is 4.98 Å². The van der Waals surface area contributed by atoms with E-state index in [0.29, 0.717) is 17.8 Å². The van der Waals surface area contributed by atoms with Crippen LogP contribution in [0, 0.1) is 0 Å². The molecule has 0 bridgehead atoms. The maximum atomic E-state index is 12.7. The van der Waals surface area contributed by atoms with Crippen LogP contribution in [0.1, 0.15) is 34.8 Å². The molecule has 3 rings (SSSR count). The number of nitrogen functional groups attached to an aromatic ring is 1.